The number of nitrogens with one attached hydrogen (secondary N) is 3. The first-order valence-corrected chi connectivity index (χ1v) is 13.6. The Hall–Kier alpha value is -4.03. The van der Waals surface area contributed by atoms with E-state index in [4.69, 9.17) is 12.2 Å². The molecule has 2 heterocycles. The molecule has 12 heteroatoms. The molecule has 7 nitrogen and oxygen atoms in total. The molecule has 206 valence electrons. The summed E-state index contributed by atoms with van der Waals surface area (Å²) in [5.41, 5.74) is 6.23. The molecular weight excluding hydrogens is 559 g/mol. The van der Waals surface area contributed by atoms with Gasteiger partial charge in [-0.1, -0.05) is 36.9 Å². The zero-order chi connectivity index (χ0) is 28.4. The van der Waals surface area contributed by atoms with E-state index in [-0.39, 0.29) is 10.9 Å². The van der Waals surface area contributed by atoms with Crippen LogP contribution >= 0.6 is 24.0 Å². The van der Waals surface area contributed by atoms with Gasteiger partial charge in [0.1, 0.15) is 5.75 Å². The fraction of sp³-hybridized carbons (Fsp3) is 0.179. The third-order valence-corrected chi connectivity index (χ3v) is 7.30. The van der Waals surface area contributed by atoms with Crippen LogP contribution in [0.15, 0.2) is 83.5 Å². The van der Waals surface area contributed by atoms with E-state index in [0.29, 0.717) is 28.1 Å². The normalized spacial score (nSPS) is 17.0. The number of nitrogens with zero attached hydrogens (tertiary/aromatic N) is 2. The number of urea groups is 1. The maximum atomic E-state index is 12.8. The molecule has 1 saturated heterocycles. The number of allylic oxidation sites excluding steroid dienone is 1. The predicted octanol–water partition coefficient (Wildman–Crippen LogP) is 7.84. The number of carbonyl (C=O) groups is 1. The molecular formula is C28H24F3N5O2S2. The SMILES string of the molecule is Cc1ccc2c(c1)N1C(=CC2C)CSC1=NC(=O)Nc1ccc(NC(=S)Nc2ccc(OC(F)(F)F)cc2)cc1. The quantitative estimate of drug-likeness (QED) is 0.270. The summed E-state index contributed by atoms with van der Waals surface area (Å²) in [7, 11) is 0. The van der Waals surface area contributed by atoms with Crippen LogP contribution in [0.4, 0.5) is 40.7 Å². The standard InChI is InChI=1S/C28H24F3N5O2S2/c1-16-3-12-23-17(2)14-21-15-40-27(36(21)24(23)13-16)35-25(37)32-18-4-6-19(7-5-18)33-26(39)34-20-8-10-22(11-9-20)38-28(29,30)31/h3-14,17H,15H2,1-2H3,(H,32,37)(H2,33,34,39). The molecule has 0 aliphatic carbocycles. The van der Waals surface area contributed by atoms with E-state index >= 15 is 0 Å². The van der Waals surface area contributed by atoms with Crippen LogP contribution in [-0.2, 0) is 0 Å². The molecule has 0 bridgehead atoms. The largest absolute Gasteiger partial charge is 0.573 e. The summed E-state index contributed by atoms with van der Waals surface area (Å²) in [6.45, 7) is 4.21. The molecule has 1 atom stereocenters. The number of rotatable bonds is 4. The Morgan fingerprint density at radius 3 is 2.23 bits per heavy atom. The zero-order valence-electron chi connectivity index (χ0n) is 21.4. The van der Waals surface area contributed by atoms with E-state index in [1.165, 1.54) is 41.6 Å². The van der Waals surface area contributed by atoms with Crippen molar-refractivity contribution in [3.63, 3.8) is 0 Å². The highest BCUT2D eigenvalue weighted by atomic mass is 32.2. The molecule has 5 rings (SSSR count). The Balaban J connectivity index is 1.18. The van der Waals surface area contributed by atoms with E-state index < -0.39 is 12.4 Å². The molecule has 3 aromatic rings. The van der Waals surface area contributed by atoms with Crippen molar-refractivity contribution in [2.75, 3.05) is 26.6 Å². The minimum absolute atomic E-state index is 0.237. The van der Waals surface area contributed by atoms with Crippen LogP contribution in [0.3, 0.4) is 0 Å². The second-order valence-corrected chi connectivity index (χ2v) is 10.5. The summed E-state index contributed by atoms with van der Waals surface area (Å²) >= 11 is 6.81. The van der Waals surface area contributed by atoms with Gasteiger partial charge in [-0.3, -0.25) is 4.90 Å². The number of aliphatic imine (C=N–C) groups is 1. The van der Waals surface area contributed by atoms with Crippen LogP contribution in [0.1, 0.15) is 24.0 Å². The summed E-state index contributed by atoms with van der Waals surface area (Å²) in [4.78, 5) is 19.2. The zero-order valence-corrected chi connectivity index (χ0v) is 23.0. The third-order valence-electron chi connectivity index (χ3n) is 6.12. The number of amides is 2. The number of anilines is 4. The fourth-order valence-electron chi connectivity index (χ4n) is 4.37. The number of halogens is 3. The van der Waals surface area contributed by atoms with E-state index in [2.05, 4.69) is 61.8 Å². The maximum Gasteiger partial charge on any atom is 0.573 e. The molecule has 1 unspecified atom stereocenters. The van der Waals surface area contributed by atoms with Crippen molar-refractivity contribution in [1.82, 2.24) is 0 Å². The highest BCUT2D eigenvalue weighted by Crippen LogP contribution is 2.43. The fourth-order valence-corrected chi connectivity index (χ4v) is 5.60. The van der Waals surface area contributed by atoms with Gasteiger partial charge >= 0.3 is 12.4 Å². The Bertz CT molecular complexity index is 1510. The van der Waals surface area contributed by atoms with E-state index in [0.717, 1.165) is 22.7 Å². The maximum absolute atomic E-state index is 12.8. The molecule has 0 aromatic heterocycles. The minimum atomic E-state index is -4.75. The Morgan fingerprint density at radius 1 is 1.00 bits per heavy atom. The highest BCUT2D eigenvalue weighted by Gasteiger charge is 2.33. The first-order valence-electron chi connectivity index (χ1n) is 12.2. The van der Waals surface area contributed by atoms with Crippen LogP contribution in [0.5, 0.6) is 5.75 Å². The van der Waals surface area contributed by atoms with Crippen molar-refractivity contribution in [2.45, 2.75) is 26.1 Å². The van der Waals surface area contributed by atoms with Crippen molar-refractivity contribution in [2.24, 2.45) is 4.99 Å². The molecule has 2 aliphatic rings. The number of ether oxygens (including phenoxy) is 1. The van der Waals surface area contributed by atoms with Crippen LogP contribution < -0.4 is 25.6 Å². The topological polar surface area (TPSA) is 78.0 Å². The summed E-state index contributed by atoms with van der Waals surface area (Å²) in [5, 5.41) is 9.54. The number of alkyl halides is 3. The molecule has 3 N–H and O–H groups in total. The minimum Gasteiger partial charge on any atom is -0.406 e. The smallest absolute Gasteiger partial charge is 0.406 e. The third kappa shape index (κ3) is 6.57. The first-order chi connectivity index (χ1) is 19.0. The number of hydrogen-bond acceptors (Lipinski definition) is 4. The van der Waals surface area contributed by atoms with Gasteiger partial charge < -0.3 is 20.7 Å². The number of thioether (sulfide) groups is 1. The average molecular weight is 584 g/mol. The van der Waals surface area contributed by atoms with Crippen LogP contribution in [0.25, 0.3) is 0 Å². The Kier molecular flexibility index (Phi) is 7.72. The lowest BCUT2D eigenvalue weighted by molar-refractivity contribution is -0.274. The summed E-state index contributed by atoms with van der Waals surface area (Å²) < 4.78 is 40.8. The van der Waals surface area contributed by atoms with E-state index in [1.807, 2.05) is 6.92 Å². The van der Waals surface area contributed by atoms with Crippen molar-refractivity contribution < 1.29 is 22.7 Å². The predicted molar refractivity (Wildman–Crippen MR) is 158 cm³/mol. The molecule has 1 fully saturated rings. The number of amidine groups is 1. The number of benzene rings is 3. The van der Waals surface area contributed by atoms with E-state index in [9.17, 15) is 18.0 Å². The molecule has 0 radical (unpaired) electrons. The Morgan fingerprint density at radius 2 is 1.60 bits per heavy atom. The lowest BCUT2D eigenvalue weighted by Gasteiger charge is -2.30. The number of hydrogen-bond donors (Lipinski definition) is 3. The van der Waals surface area contributed by atoms with Gasteiger partial charge in [0.15, 0.2) is 10.3 Å². The van der Waals surface area contributed by atoms with Gasteiger partial charge in [-0.2, -0.15) is 4.99 Å². The van der Waals surface area contributed by atoms with Gasteiger partial charge in [-0.05, 0) is 84.9 Å². The van der Waals surface area contributed by atoms with Crippen LogP contribution in [-0.4, -0.2) is 28.4 Å². The van der Waals surface area contributed by atoms with Gasteiger partial charge in [0, 0.05) is 34.4 Å². The lowest BCUT2D eigenvalue weighted by Crippen LogP contribution is -2.28. The number of aryl methyl sites for hydroxylation is 1. The van der Waals surface area contributed by atoms with Gasteiger partial charge in [0.25, 0.3) is 0 Å². The second-order valence-electron chi connectivity index (χ2n) is 9.19. The number of fused-ring (bicyclic) bond motifs is 3. The van der Waals surface area contributed by atoms with Gasteiger partial charge in [0.05, 0.1) is 5.69 Å². The first kappa shape index (κ1) is 27.5. The van der Waals surface area contributed by atoms with Crippen molar-refractivity contribution in [1.29, 1.82) is 0 Å². The molecule has 2 amide bonds. The monoisotopic (exact) mass is 583 g/mol. The highest BCUT2D eigenvalue weighted by molar-refractivity contribution is 8.14. The van der Waals surface area contributed by atoms with Crippen molar-refractivity contribution in [3.8, 4) is 5.75 Å². The molecule has 0 spiro atoms. The van der Waals surface area contributed by atoms with Crippen LogP contribution in [0.2, 0.25) is 0 Å². The average Bonchev–Trinajstić information content (AvgIpc) is 3.27. The lowest BCUT2D eigenvalue weighted by atomic mass is 9.93. The number of thiocarbonyl (C=S) groups is 1. The number of carbonyl (C=O) groups excluding carboxylic acids is 1. The van der Waals surface area contributed by atoms with Crippen LogP contribution in [0, 0.1) is 6.92 Å². The summed E-state index contributed by atoms with van der Waals surface area (Å²) in [6, 6.07) is 18.0. The Labute approximate surface area is 238 Å². The summed E-state index contributed by atoms with van der Waals surface area (Å²) in [6.07, 6.45) is -2.54. The van der Waals surface area contributed by atoms with Crippen molar-refractivity contribution in [3.05, 3.63) is 89.6 Å². The molecule has 0 saturated carbocycles. The van der Waals surface area contributed by atoms with Gasteiger partial charge in [-0.15, -0.1) is 13.2 Å². The van der Waals surface area contributed by atoms with E-state index in [1.54, 1.807) is 24.3 Å². The van der Waals surface area contributed by atoms with Crippen molar-refractivity contribution >= 4 is 63.0 Å². The summed E-state index contributed by atoms with van der Waals surface area (Å²) in [5.74, 6) is 0.724. The molecule has 2 aliphatic heterocycles. The van der Waals surface area contributed by atoms with Gasteiger partial charge in [0.2, 0.25) is 0 Å². The molecule has 40 heavy (non-hydrogen) atoms. The molecule has 3 aromatic carbocycles. The van der Waals surface area contributed by atoms with Gasteiger partial charge in [-0.25, -0.2) is 4.79 Å². The second kappa shape index (κ2) is 11.2.